The second kappa shape index (κ2) is 8.37. The number of carbonyl (C=O) groups is 3. The number of benzene rings is 1. The van der Waals surface area contributed by atoms with E-state index in [1.54, 1.807) is 29.3 Å². The van der Waals surface area contributed by atoms with Crippen LogP contribution in [0.15, 0.2) is 42.6 Å². The lowest BCUT2D eigenvalue weighted by atomic mass is 10.1. The van der Waals surface area contributed by atoms with Crippen molar-refractivity contribution in [2.45, 2.75) is 19.0 Å². The molecule has 1 atom stereocenters. The molecule has 0 unspecified atom stereocenters. The third-order valence-electron chi connectivity index (χ3n) is 5.87. The Morgan fingerprint density at radius 1 is 1.06 bits per heavy atom. The van der Waals surface area contributed by atoms with E-state index >= 15 is 0 Å². The van der Waals surface area contributed by atoms with Crippen LogP contribution in [0.5, 0.6) is 11.5 Å². The van der Waals surface area contributed by atoms with Gasteiger partial charge in [-0.2, -0.15) is 0 Å². The first-order valence-electron chi connectivity index (χ1n) is 10.5. The molecule has 2 fully saturated rings. The van der Waals surface area contributed by atoms with E-state index in [-0.39, 0.29) is 25.7 Å². The molecule has 4 amide bonds. The van der Waals surface area contributed by atoms with Gasteiger partial charge in [-0.25, -0.2) is 9.78 Å². The number of piperazine rings is 1. The number of nitrogens with zero attached hydrogens (tertiary/aromatic N) is 4. The number of pyridine rings is 1. The lowest BCUT2D eigenvalue weighted by Gasteiger charge is -2.35. The van der Waals surface area contributed by atoms with Gasteiger partial charge in [0, 0.05) is 32.4 Å². The summed E-state index contributed by atoms with van der Waals surface area (Å²) in [6, 6.07) is 9.69. The largest absolute Gasteiger partial charge is 0.454 e. The number of carbonyl (C=O) groups excluding carboxylic acids is 3. The Bertz CT molecular complexity index is 1040. The molecule has 166 valence electrons. The van der Waals surface area contributed by atoms with Crippen molar-refractivity contribution in [1.29, 1.82) is 0 Å². The molecule has 0 bridgehead atoms. The van der Waals surface area contributed by atoms with Gasteiger partial charge in [0.15, 0.2) is 11.5 Å². The van der Waals surface area contributed by atoms with Crippen LogP contribution >= 0.6 is 0 Å². The lowest BCUT2D eigenvalue weighted by molar-refractivity contribution is -0.136. The molecule has 2 saturated heterocycles. The summed E-state index contributed by atoms with van der Waals surface area (Å²) in [7, 11) is 0. The highest BCUT2D eigenvalue weighted by molar-refractivity contribution is 6.05. The van der Waals surface area contributed by atoms with Gasteiger partial charge in [0.25, 0.3) is 5.91 Å². The predicted octanol–water partition coefficient (Wildman–Crippen LogP) is 0.970. The average Bonchev–Trinajstić information content (AvgIpc) is 3.39. The molecule has 5 rings (SSSR count). The minimum Gasteiger partial charge on any atom is -0.454 e. The third kappa shape index (κ3) is 3.91. The van der Waals surface area contributed by atoms with E-state index in [2.05, 4.69) is 15.2 Å². The van der Waals surface area contributed by atoms with Crippen LogP contribution in [0, 0.1) is 0 Å². The van der Waals surface area contributed by atoms with Crippen molar-refractivity contribution >= 4 is 23.7 Å². The summed E-state index contributed by atoms with van der Waals surface area (Å²) in [5, 5.41) is 2.64. The zero-order valence-corrected chi connectivity index (χ0v) is 17.4. The molecule has 3 aliphatic heterocycles. The topological polar surface area (TPSA) is 104 Å². The predicted molar refractivity (Wildman–Crippen MR) is 113 cm³/mol. The van der Waals surface area contributed by atoms with Gasteiger partial charge < -0.3 is 24.6 Å². The smallest absolute Gasteiger partial charge is 0.325 e. The number of hydrogen-bond acceptors (Lipinski definition) is 7. The van der Waals surface area contributed by atoms with Crippen molar-refractivity contribution in [2.75, 3.05) is 37.9 Å². The number of rotatable bonds is 5. The molecule has 1 aromatic carbocycles. The SMILES string of the molecule is O=C(C[C@H]1NC(=O)N(Cc2ccc3c(c2)OCO3)C1=O)N1CCN(c2ccccn2)CC1. The summed E-state index contributed by atoms with van der Waals surface area (Å²) in [6.07, 6.45) is 1.70. The number of fused-ring (bicyclic) bond motifs is 1. The average molecular weight is 437 g/mol. The number of urea groups is 1. The van der Waals surface area contributed by atoms with Gasteiger partial charge in [-0.15, -0.1) is 0 Å². The standard InChI is InChI=1S/C22H23N5O5/c28-20(26-9-7-25(8-10-26)19-3-1-2-6-23-19)12-16-21(29)27(22(30)24-16)13-15-4-5-17-18(11-15)32-14-31-17/h1-6,11,16H,7-10,12-14H2,(H,24,30)/t16-/m1/s1. The molecule has 3 aliphatic rings. The van der Waals surface area contributed by atoms with Gasteiger partial charge in [-0.3, -0.25) is 14.5 Å². The van der Waals surface area contributed by atoms with Gasteiger partial charge >= 0.3 is 6.03 Å². The Kier molecular flexibility index (Phi) is 5.26. The van der Waals surface area contributed by atoms with Crippen LogP contribution in [-0.2, 0) is 16.1 Å². The summed E-state index contributed by atoms with van der Waals surface area (Å²) in [6.45, 7) is 2.70. The van der Waals surface area contributed by atoms with E-state index in [0.717, 1.165) is 16.3 Å². The van der Waals surface area contributed by atoms with E-state index in [1.165, 1.54) is 0 Å². The molecule has 4 heterocycles. The highest BCUT2D eigenvalue weighted by atomic mass is 16.7. The first-order chi connectivity index (χ1) is 15.6. The number of hydrogen-bond donors (Lipinski definition) is 1. The fourth-order valence-corrected chi connectivity index (χ4v) is 4.12. The molecule has 0 spiro atoms. The first-order valence-corrected chi connectivity index (χ1v) is 10.5. The van der Waals surface area contributed by atoms with Crippen molar-refractivity contribution in [3.63, 3.8) is 0 Å². The minimum atomic E-state index is -0.849. The Morgan fingerprint density at radius 2 is 1.88 bits per heavy atom. The van der Waals surface area contributed by atoms with Crippen molar-refractivity contribution in [1.82, 2.24) is 20.1 Å². The maximum absolute atomic E-state index is 12.8. The maximum Gasteiger partial charge on any atom is 0.325 e. The molecule has 10 heteroatoms. The maximum atomic E-state index is 12.8. The van der Waals surface area contributed by atoms with E-state index in [0.29, 0.717) is 37.7 Å². The molecule has 0 saturated carbocycles. The highest BCUT2D eigenvalue weighted by Gasteiger charge is 2.40. The highest BCUT2D eigenvalue weighted by Crippen LogP contribution is 2.33. The van der Waals surface area contributed by atoms with Gasteiger partial charge in [0.1, 0.15) is 11.9 Å². The van der Waals surface area contributed by atoms with Crippen LogP contribution in [0.4, 0.5) is 10.6 Å². The summed E-state index contributed by atoms with van der Waals surface area (Å²) < 4.78 is 10.6. The fourth-order valence-electron chi connectivity index (χ4n) is 4.12. The fraction of sp³-hybridized carbons (Fsp3) is 0.364. The lowest BCUT2D eigenvalue weighted by Crippen LogP contribution is -2.50. The van der Waals surface area contributed by atoms with Crippen LogP contribution in [0.3, 0.4) is 0 Å². The van der Waals surface area contributed by atoms with Crippen molar-refractivity contribution in [2.24, 2.45) is 0 Å². The third-order valence-corrected chi connectivity index (χ3v) is 5.87. The van der Waals surface area contributed by atoms with Gasteiger partial charge in [-0.05, 0) is 29.8 Å². The van der Waals surface area contributed by atoms with Gasteiger partial charge in [0.05, 0.1) is 13.0 Å². The molecule has 0 radical (unpaired) electrons. The number of amides is 4. The summed E-state index contributed by atoms with van der Waals surface area (Å²) in [5.41, 5.74) is 0.746. The van der Waals surface area contributed by atoms with E-state index < -0.39 is 18.0 Å². The van der Waals surface area contributed by atoms with Gasteiger partial charge in [-0.1, -0.05) is 12.1 Å². The Hall–Kier alpha value is -3.82. The normalized spacial score (nSPS) is 20.0. The number of nitrogens with one attached hydrogen (secondary N) is 1. The zero-order valence-electron chi connectivity index (χ0n) is 17.4. The number of anilines is 1. The first kappa shape index (κ1) is 20.1. The monoisotopic (exact) mass is 437 g/mol. The number of ether oxygens (including phenoxy) is 2. The van der Waals surface area contributed by atoms with Crippen LogP contribution in [0.25, 0.3) is 0 Å². The zero-order chi connectivity index (χ0) is 22.1. The Labute approximate surface area is 184 Å². The summed E-state index contributed by atoms with van der Waals surface area (Å²) in [5.74, 6) is 1.57. The minimum absolute atomic E-state index is 0.0498. The molecule has 0 aliphatic carbocycles. The molecule has 32 heavy (non-hydrogen) atoms. The van der Waals surface area contributed by atoms with Crippen molar-refractivity contribution in [3.8, 4) is 11.5 Å². The molecule has 10 nitrogen and oxygen atoms in total. The van der Waals surface area contributed by atoms with Crippen molar-refractivity contribution < 1.29 is 23.9 Å². The number of aromatic nitrogens is 1. The molecule has 1 N–H and O–H groups in total. The van der Waals surface area contributed by atoms with Crippen LogP contribution < -0.4 is 19.7 Å². The van der Waals surface area contributed by atoms with E-state index in [1.807, 2.05) is 18.2 Å². The molecule has 1 aromatic heterocycles. The van der Waals surface area contributed by atoms with E-state index in [9.17, 15) is 14.4 Å². The molecular formula is C22H23N5O5. The second-order valence-electron chi connectivity index (χ2n) is 7.87. The van der Waals surface area contributed by atoms with Gasteiger partial charge in [0.2, 0.25) is 12.7 Å². The van der Waals surface area contributed by atoms with Crippen LogP contribution in [-0.4, -0.2) is 71.6 Å². The Balaban J connectivity index is 1.16. The van der Waals surface area contributed by atoms with Crippen molar-refractivity contribution in [3.05, 3.63) is 48.2 Å². The Morgan fingerprint density at radius 3 is 2.66 bits per heavy atom. The van der Waals surface area contributed by atoms with E-state index in [4.69, 9.17) is 9.47 Å². The summed E-state index contributed by atoms with van der Waals surface area (Å²) in [4.78, 5) is 47.3. The quantitative estimate of drug-likeness (QED) is 0.695. The second-order valence-corrected chi connectivity index (χ2v) is 7.87. The number of imide groups is 1. The molecular weight excluding hydrogens is 414 g/mol. The summed E-state index contributed by atoms with van der Waals surface area (Å²) >= 11 is 0. The van der Waals surface area contributed by atoms with Crippen LogP contribution in [0.2, 0.25) is 0 Å². The molecule has 2 aromatic rings. The van der Waals surface area contributed by atoms with Crippen LogP contribution in [0.1, 0.15) is 12.0 Å².